The number of benzene rings is 1. The van der Waals surface area contributed by atoms with Crippen LogP contribution in [0.2, 0.25) is 0 Å². The Morgan fingerprint density at radius 2 is 1.88 bits per heavy atom. The van der Waals surface area contributed by atoms with Gasteiger partial charge in [0.15, 0.2) is 0 Å². The maximum Gasteiger partial charge on any atom is 0.243 e. The second-order valence-electron chi connectivity index (χ2n) is 3.55. The van der Waals surface area contributed by atoms with Gasteiger partial charge in [-0.15, -0.1) is 0 Å². The molecule has 0 saturated carbocycles. The Hall–Kier alpha value is -0.500. The molecule has 0 heterocycles. The third kappa shape index (κ3) is 3.25. The smallest absolute Gasteiger partial charge is 0.243 e. The summed E-state index contributed by atoms with van der Waals surface area (Å²) < 4.78 is 26.4. The van der Waals surface area contributed by atoms with Gasteiger partial charge in [-0.25, -0.2) is 8.42 Å². The number of sulfonamides is 1. The Labute approximate surface area is 115 Å². The van der Waals surface area contributed by atoms with Crippen molar-refractivity contribution in [2.45, 2.75) is 17.9 Å². The highest BCUT2D eigenvalue weighted by Gasteiger charge is 2.26. The van der Waals surface area contributed by atoms with Crippen molar-refractivity contribution >= 4 is 43.2 Å². The number of nitrogens with zero attached hydrogens (tertiary/aromatic N) is 1. The highest BCUT2D eigenvalue weighted by atomic mass is 79.9. The van der Waals surface area contributed by atoms with Gasteiger partial charge in [0.05, 0.1) is 15.9 Å². The first kappa shape index (κ1) is 14.6. The lowest BCUT2D eigenvalue weighted by molar-refractivity contribution is 0.451. The fourth-order valence-electron chi connectivity index (χ4n) is 1.16. The first-order valence-electron chi connectivity index (χ1n) is 4.79. The highest BCUT2D eigenvalue weighted by molar-refractivity contribution is 9.10. The van der Waals surface area contributed by atoms with Crippen LogP contribution in [0.5, 0.6) is 0 Å². The van der Waals surface area contributed by atoms with Crippen molar-refractivity contribution in [2.75, 3.05) is 7.05 Å². The molecule has 7 heteroatoms. The SMILES string of the molecule is CC(C(N)=S)N(C)S(=O)(=O)c1ccc(Br)cc1. The van der Waals surface area contributed by atoms with Gasteiger partial charge in [0, 0.05) is 11.5 Å². The second-order valence-corrected chi connectivity index (χ2v) is 6.94. The summed E-state index contributed by atoms with van der Waals surface area (Å²) in [6.45, 7) is 1.65. The molecule has 0 bridgehead atoms. The minimum atomic E-state index is -3.55. The Kier molecular flexibility index (Phi) is 4.65. The zero-order valence-electron chi connectivity index (χ0n) is 9.42. The summed E-state index contributed by atoms with van der Waals surface area (Å²) in [4.78, 5) is 0.361. The lowest BCUT2D eigenvalue weighted by atomic mass is 10.3. The fourth-order valence-corrected chi connectivity index (χ4v) is 2.99. The summed E-state index contributed by atoms with van der Waals surface area (Å²) in [5.41, 5.74) is 5.45. The number of thiocarbonyl (C=S) groups is 1. The van der Waals surface area contributed by atoms with Crippen LogP contribution in [0.1, 0.15) is 6.92 Å². The van der Waals surface area contributed by atoms with Crippen molar-refractivity contribution in [2.24, 2.45) is 5.73 Å². The molecular weight excluding hydrogens is 324 g/mol. The maximum atomic E-state index is 12.2. The number of hydrogen-bond donors (Lipinski definition) is 1. The summed E-state index contributed by atoms with van der Waals surface area (Å²) in [6, 6.07) is 5.89. The van der Waals surface area contributed by atoms with E-state index < -0.39 is 16.1 Å². The van der Waals surface area contributed by atoms with E-state index in [1.807, 2.05) is 0 Å². The van der Waals surface area contributed by atoms with Gasteiger partial charge in [0.2, 0.25) is 10.0 Å². The van der Waals surface area contributed by atoms with Crippen molar-refractivity contribution in [3.63, 3.8) is 0 Å². The lowest BCUT2D eigenvalue weighted by Crippen LogP contribution is -2.42. The van der Waals surface area contributed by atoms with Crippen molar-refractivity contribution in [3.8, 4) is 0 Å². The second kappa shape index (κ2) is 5.43. The van der Waals surface area contributed by atoms with Crippen molar-refractivity contribution < 1.29 is 8.42 Å². The van der Waals surface area contributed by atoms with Gasteiger partial charge in [0.1, 0.15) is 0 Å². The fraction of sp³-hybridized carbons (Fsp3) is 0.300. The maximum absolute atomic E-state index is 12.2. The standard InChI is InChI=1S/C10H13BrN2O2S2/c1-7(10(12)16)13(2)17(14,15)9-5-3-8(11)4-6-9/h3-7H,1-2H3,(H2,12,16). The van der Waals surface area contributed by atoms with Crippen molar-refractivity contribution in [3.05, 3.63) is 28.7 Å². The Balaban J connectivity index is 3.11. The van der Waals surface area contributed by atoms with E-state index in [0.29, 0.717) is 0 Å². The molecule has 17 heavy (non-hydrogen) atoms. The van der Waals surface area contributed by atoms with Crippen LogP contribution in [-0.4, -0.2) is 30.8 Å². The van der Waals surface area contributed by atoms with Gasteiger partial charge in [-0.3, -0.25) is 0 Å². The number of nitrogens with two attached hydrogens (primary N) is 1. The molecule has 1 aromatic carbocycles. The average molecular weight is 337 g/mol. The molecule has 0 fully saturated rings. The molecule has 0 saturated heterocycles. The first-order chi connectivity index (χ1) is 7.76. The van der Waals surface area contributed by atoms with E-state index in [1.165, 1.54) is 23.5 Å². The minimum Gasteiger partial charge on any atom is -0.392 e. The van der Waals surface area contributed by atoms with Crippen LogP contribution in [0.15, 0.2) is 33.6 Å². The number of likely N-dealkylation sites (N-methyl/N-ethyl adjacent to an activating group) is 1. The summed E-state index contributed by atoms with van der Waals surface area (Å²) in [7, 11) is -2.10. The molecule has 0 spiro atoms. The summed E-state index contributed by atoms with van der Waals surface area (Å²) in [5, 5.41) is 0. The van der Waals surface area contributed by atoms with E-state index in [0.717, 1.165) is 4.47 Å². The van der Waals surface area contributed by atoms with Gasteiger partial charge in [-0.05, 0) is 31.2 Å². The highest BCUT2D eigenvalue weighted by Crippen LogP contribution is 2.19. The number of hydrogen-bond acceptors (Lipinski definition) is 3. The van der Waals surface area contributed by atoms with E-state index in [4.69, 9.17) is 18.0 Å². The Morgan fingerprint density at radius 1 is 1.41 bits per heavy atom. The van der Waals surface area contributed by atoms with Crippen LogP contribution >= 0.6 is 28.1 Å². The van der Waals surface area contributed by atoms with E-state index >= 15 is 0 Å². The Bertz CT molecular complexity index is 514. The molecule has 0 aliphatic rings. The molecular formula is C10H13BrN2O2S2. The predicted molar refractivity (Wildman–Crippen MR) is 75.3 cm³/mol. The van der Waals surface area contributed by atoms with Crippen LogP contribution in [0.25, 0.3) is 0 Å². The van der Waals surface area contributed by atoms with Crippen LogP contribution in [0.3, 0.4) is 0 Å². The van der Waals surface area contributed by atoms with Gasteiger partial charge in [-0.1, -0.05) is 28.1 Å². The summed E-state index contributed by atoms with van der Waals surface area (Å²) in [5.74, 6) is 0. The zero-order valence-corrected chi connectivity index (χ0v) is 12.6. The first-order valence-corrected chi connectivity index (χ1v) is 7.44. The van der Waals surface area contributed by atoms with Gasteiger partial charge in [-0.2, -0.15) is 4.31 Å². The van der Waals surface area contributed by atoms with Crippen LogP contribution in [0.4, 0.5) is 0 Å². The van der Waals surface area contributed by atoms with Crippen molar-refractivity contribution in [1.29, 1.82) is 0 Å². The Morgan fingerprint density at radius 3 is 2.29 bits per heavy atom. The molecule has 1 atom stereocenters. The molecule has 0 aliphatic heterocycles. The molecule has 0 amide bonds. The quantitative estimate of drug-likeness (QED) is 0.850. The van der Waals surface area contributed by atoms with E-state index in [9.17, 15) is 8.42 Å². The molecule has 1 aromatic rings. The molecule has 94 valence electrons. The summed E-state index contributed by atoms with van der Waals surface area (Å²) in [6.07, 6.45) is 0. The molecule has 1 rings (SSSR count). The molecule has 1 unspecified atom stereocenters. The third-order valence-corrected chi connectivity index (χ3v) is 5.26. The van der Waals surface area contributed by atoms with E-state index in [-0.39, 0.29) is 9.88 Å². The topological polar surface area (TPSA) is 63.4 Å². The van der Waals surface area contributed by atoms with Gasteiger partial charge in [0.25, 0.3) is 0 Å². The van der Waals surface area contributed by atoms with Crippen LogP contribution in [-0.2, 0) is 10.0 Å². The number of halogens is 1. The predicted octanol–water partition coefficient (Wildman–Crippen LogP) is 1.74. The normalized spacial score (nSPS) is 13.6. The molecule has 4 nitrogen and oxygen atoms in total. The minimum absolute atomic E-state index is 0.146. The van der Waals surface area contributed by atoms with Crippen molar-refractivity contribution in [1.82, 2.24) is 4.31 Å². The number of rotatable bonds is 4. The molecule has 2 N–H and O–H groups in total. The monoisotopic (exact) mass is 336 g/mol. The average Bonchev–Trinajstić information content (AvgIpc) is 2.27. The lowest BCUT2D eigenvalue weighted by Gasteiger charge is -2.23. The van der Waals surface area contributed by atoms with E-state index in [1.54, 1.807) is 19.1 Å². The third-order valence-electron chi connectivity index (χ3n) is 2.45. The molecule has 0 radical (unpaired) electrons. The largest absolute Gasteiger partial charge is 0.392 e. The molecule has 0 aliphatic carbocycles. The molecule has 0 aromatic heterocycles. The zero-order chi connectivity index (χ0) is 13.2. The van der Waals surface area contributed by atoms with Crippen LogP contribution in [0, 0.1) is 0 Å². The van der Waals surface area contributed by atoms with E-state index in [2.05, 4.69) is 15.9 Å². The van der Waals surface area contributed by atoms with Gasteiger partial charge < -0.3 is 5.73 Å². The van der Waals surface area contributed by atoms with Gasteiger partial charge >= 0.3 is 0 Å². The van der Waals surface area contributed by atoms with Crippen LogP contribution < -0.4 is 5.73 Å². The summed E-state index contributed by atoms with van der Waals surface area (Å²) >= 11 is 8.05.